The molecule has 0 saturated carbocycles. The lowest BCUT2D eigenvalue weighted by atomic mass is 10.1. The standard InChI is InChI=1S/C21H21BrN2O4/c1-2-28-21(27)15-9-11-16(12-10-15)24(14-23-13-5-8-19(23)25)20(26)17-6-3-4-7-18(17)22/h3-4,6-7,9-12H,2,5,8,13-14H2,1H3. The van der Waals surface area contributed by atoms with Crippen molar-refractivity contribution in [3.8, 4) is 0 Å². The highest BCUT2D eigenvalue weighted by Crippen LogP contribution is 2.24. The maximum Gasteiger partial charge on any atom is 0.338 e. The Morgan fingerprint density at radius 2 is 1.86 bits per heavy atom. The fraction of sp³-hybridized carbons (Fsp3) is 0.286. The van der Waals surface area contributed by atoms with Crippen molar-refractivity contribution in [2.24, 2.45) is 0 Å². The second-order valence-corrected chi connectivity index (χ2v) is 7.24. The highest BCUT2D eigenvalue weighted by atomic mass is 79.9. The van der Waals surface area contributed by atoms with Crippen LogP contribution in [0.25, 0.3) is 0 Å². The predicted octanol–water partition coefficient (Wildman–Crippen LogP) is 3.85. The Morgan fingerprint density at radius 1 is 1.14 bits per heavy atom. The SMILES string of the molecule is CCOC(=O)c1ccc(N(CN2CCCC2=O)C(=O)c2ccccc2Br)cc1. The van der Waals surface area contributed by atoms with E-state index in [1.54, 1.807) is 59.2 Å². The number of hydrogen-bond donors (Lipinski definition) is 0. The number of carbonyl (C=O) groups is 3. The van der Waals surface area contributed by atoms with Crippen molar-refractivity contribution in [3.05, 3.63) is 64.1 Å². The van der Waals surface area contributed by atoms with E-state index in [-0.39, 0.29) is 18.5 Å². The first-order valence-electron chi connectivity index (χ1n) is 9.12. The molecule has 2 aromatic rings. The second kappa shape index (κ2) is 9.01. The zero-order valence-electron chi connectivity index (χ0n) is 15.6. The summed E-state index contributed by atoms with van der Waals surface area (Å²) >= 11 is 3.42. The van der Waals surface area contributed by atoms with Crippen molar-refractivity contribution >= 4 is 39.4 Å². The topological polar surface area (TPSA) is 66.9 Å². The lowest BCUT2D eigenvalue weighted by molar-refractivity contribution is -0.127. The third-order valence-corrected chi connectivity index (χ3v) is 5.21. The molecule has 0 spiro atoms. The Hall–Kier alpha value is -2.67. The molecule has 2 aromatic carbocycles. The lowest BCUT2D eigenvalue weighted by Crippen LogP contribution is -2.42. The molecule has 146 valence electrons. The minimum atomic E-state index is -0.410. The van der Waals surface area contributed by atoms with Gasteiger partial charge in [-0.3, -0.25) is 14.5 Å². The van der Waals surface area contributed by atoms with E-state index in [2.05, 4.69) is 15.9 Å². The number of carbonyl (C=O) groups excluding carboxylic acids is 3. The highest BCUT2D eigenvalue weighted by molar-refractivity contribution is 9.10. The van der Waals surface area contributed by atoms with Crippen LogP contribution in [0.1, 0.15) is 40.5 Å². The van der Waals surface area contributed by atoms with Crippen molar-refractivity contribution in [2.75, 3.05) is 24.7 Å². The number of halogens is 1. The molecule has 28 heavy (non-hydrogen) atoms. The van der Waals surface area contributed by atoms with E-state index in [0.29, 0.717) is 40.9 Å². The van der Waals surface area contributed by atoms with E-state index in [4.69, 9.17) is 4.74 Å². The van der Waals surface area contributed by atoms with Gasteiger partial charge in [-0.05, 0) is 65.7 Å². The fourth-order valence-corrected chi connectivity index (χ4v) is 3.51. The molecule has 1 saturated heterocycles. The molecule has 0 atom stereocenters. The molecule has 1 heterocycles. The van der Waals surface area contributed by atoms with E-state index in [9.17, 15) is 14.4 Å². The van der Waals surface area contributed by atoms with E-state index in [1.807, 2.05) is 6.07 Å². The van der Waals surface area contributed by atoms with Gasteiger partial charge in [0.15, 0.2) is 0 Å². The van der Waals surface area contributed by atoms with Gasteiger partial charge in [-0.1, -0.05) is 12.1 Å². The summed E-state index contributed by atoms with van der Waals surface area (Å²) in [5.41, 5.74) is 1.52. The molecule has 2 amide bonds. The molecule has 0 aliphatic carbocycles. The molecule has 1 aliphatic heterocycles. The monoisotopic (exact) mass is 444 g/mol. The van der Waals surface area contributed by atoms with Crippen molar-refractivity contribution in [2.45, 2.75) is 19.8 Å². The van der Waals surface area contributed by atoms with Crippen LogP contribution in [-0.2, 0) is 9.53 Å². The summed E-state index contributed by atoms with van der Waals surface area (Å²) in [7, 11) is 0. The van der Waals surface area contributed by atoms with Gasteiger partial charge in [0, 0.05) is 23.1 Å². The van der Waals surface area contributed by atoms with Gasteiger partial charge < -0.3 is 9.64 Å². The van der Waals surface area contributed by atoms with Crippen molar-refractivity contribution in [1.82, 2.24) is 4.90 Å². The number of hydrogen-bond acceptors (Lipinski definition) is 4. The van der Waals surface area contributed by atoms with Crippen LogP contribution in [0, 0.1) is 0 Å². The first kappa shape index (κ1) is 20.1. The summed E-state index contributed by atoms with van der Waals surface area (Å²) in [6.07, 6.45) is 1.29. The minimum Gasteiger partial charge on any atom is -0.462 e. The molecule has 1 fully saturated rings. The Labute approximate surface area is 172 Å². The summed E-state index contributed by atoms with van der Waals surface area (Å²) in [6.45, 7) is 2.83. The molecule has 7 heteroatoms. The summed E-state index contributed by atoms with van der Waals surface area (Å²) in [4.78, 5) is 40.5. The van der Waals surface area contributed by atoms with E-state index in [0.717, 1.165) is 6.42 Å². The minimum absolute atomic E-state index is 0.0353. The number of benzene rings is 2. The predicted molar refractivity (Wildman–Crippen MR) is 109 cm³/mol. The summed E-state index contributed by atoms with van der Waals surface area (Å²) in [6, 6.07) is 13.8. The summed E-state index contributed by atoms with van der Waals surface area (Å²) in [5, 5.41) is 0. The van der Waals surface area contributed by atoms with Crippen LogP contribution in [0.3, 0.4) is 0 Å². The normalized spacial score (nSPS) is 13.5. The Bertz CT molecular complexity index is 882. The summed E-state index contributed by atoms with van der Waals surface area (Å²) < 4.78 is 5.69. The quantitative estimate of drug-likeness (QED) is 0.634. The molecule has 0 bridgehead atoms. The molecule has 0 radical (unpaired) electrons. The number of rotatable bonds is 6. The van der Waals surface area contributed by atoms with Gasteiger partial charge in [0.05, 0.1) is 17.7 Å². The first-order chi connectivity index (χ1) is 13.5. The molecular formula is C21H21BrN2O4. The van der Waals surface area contributed by atoms with E-state index < -0.39 is 5.97 Å². The molecule has 6 nitrogen and oxygen atoms in total. The van der Waals surface area contributed by atoms with Crippen LogP contribution >= 0.6 is 15.9 Å². The number of anilines is 1. The largest absolute Gasteiger partial charge is 0.462 e. The van der Waals surface area contributed by atoms with Crippen LogP contribution in [0.2, 0.25) is 0 Å². The Morgan fingerprint density at radius 3 is 2.46 bits per heavy atom. The lowest BCUT2D eigenvalue weighted by Gasteiger charge is -2.28. The fourth-order valence-electron chi connectivity index (χ4n) is 3.06. The van der Waals surface area contributed by atoms with Gasteiger partial charge in [0.2, 0.25) is 5.91 Å². The van der Waals surface area contributed by atoms with Crippen molar-refractivity contribution in [1.29, 1.82) is 0 Å². The van der Waals surface area contributed by atoms with E-state index >= 15 is 0 Å². The molecule has 0 aromatic heterocycles. The van der Waals surface area contributed by atoms with E-state index in [1.165, 1.54) is 0 Å². The van der Waals surface area contributed by atoms with Gasteiger partial charge in [0.25, 0.3) is 5.91 Å². The molecule has 1 aliphatic rings. The number of ether oxygens (including phenoxy) is 1. The first-order valence-corrected chi connectivity index (χ1v) is 9.92. The number of nitrogens with zero attached hydrogens (tertiary/aromatic N) is 2. The van der Waals surface area contributed by atoms with Gasteiger partial charge >= 0.3 is 5.97 Å². The maximum absolute atomic E-state index is 13.2. The van der Waals surface area contributed by atoms with Crippen molar-refractivity contribution in [3.63, 3.8) is 0 Å². The molecule has 0 unspecified atom stereocenters. The third-order valence-electron chi connectivity index (χ3n) is 4.52. The number of amides is 2. The smallest absolute Gasteiger partial charge is 0.338 e. The average molecular weight is 445 g/mol. The molecular weight excluding hydrogens is 424 g/mol. The van der Waals surface area contributed by atoms with Gasteiger partial charge in [-0.25, -0.2) is 4.79 Å². The molecule has 0 N–H and O–H groups in total. The van der Waals surface area contributed by atoms with Crippen LogP contribution in [0.4, 0.5) is 5.69 Å². The highest BCUT2D eigenvalue weighted by Gasteiger charge is 2.27. The van der Waals surface area contributed by atoms with Crippen LogP contribution in [-0.4, -0.2) is 42.5 Å². The van der Waals surface area contributed by atoms with Gasteiger partial charge in [0.1, 0.15) is 6.67 Å². The van der Waals surface area contributed by atoms with Crippen LogP contribution in [0.5, 0.6) is 0 Å². The average Bonchev–Trinajstić information content (AvgIpc) is 3.11. The second-order valence-electron chi connectivity index (χ2n) is 6.38. The summed E-state index contributed by atoms with van der Waals surface area (Å²) in [5.74, 6) is -0.600. The van der Waals surface area contributed by atoms with Crippen LogP contribution < -0.4 is 4.90 Å². The van der Waals surface area contributed by atoms with Gasteiger partial charge in [-0.15, -0.1) is 0 Å². The van der Waals surface area contributed by atoms with Crippen LogP contribution in [0.15, 0.2) is 53.0 Å². The van der Waals surface area contributed by atoms with Crippen molar-refractivity contribution < 1.29 is 19.1 Å². The Kier molecular flexibility index (Phi) is 6.46. The number of likely N-dealkylation sites (tertiary alicyclic amines) is 1. The Balaban J connectivity index is 1.91. The zero-order valence-corrected chi connectivity index (χ0v) is 17.1. The zero-order chi connectivity index (χ0) is 20.1. The van der Waals surface area contributed by atoms with Gasteiger partial charge in [-0.2, -0.15) is 0 Å². The maximum atomic E-state index is 13.2. The third kappa shape index (κ3) is 4.42. The number of esters is 1. The molecule has 3 rings (SSSR count).